The lowest BCUT2D eigenvalue weighted by Crippen LogP contribution is -2.63. The van der Waals surface area contributed by atoms with Gasteiger partial charge in [0, 0.05) is 49.9 Å². The van der Waals surface area contributed by atoms with Gasteiger partial charge in [0.15, 0.2) is 11.4 Å². The molecule has 5 rings (SSSR count). The van der Waals surface area contributed by atoms with Gasteiger partial charge in [0.2, 0.25) is 5.78 Å². The largest absolute Gasteiger partial charge is 0.510 e. The summed E-state index contributed by atoms with van der Waals surface area (Å²) in [5, 5.41) is 45.6. The Hall–Kier alpha value is -3.48. The third-order valence-electron chi connectivity index (χ3n) is 9.10. The topological polar surface area (TPSA) is 168 Å². The van der Waals surface area contributed by atoms with Crippen LogP contribution in [0, 0.1) is 11.8 Å². The quantitative estimate of drug-likeness (QED) is 0.323. The molecule has 41 heavy (non-hydrogen) atoms. The number of phenolic OH excluding ortho intramolecular Hbond substituents is 1. The Balaban J connectivity index is 1.66. The first-order valence-electron chi connectivity index (χ1n) is 13.8. The third kappa shape index (κ3) is 4.31. The number of carbonyl (C=O) groups is 3. The second-order valence-electron chi connectivity index (χ2n) is 12.1. The minimum absolute atomic E-state index is 0.0206. The molecule has 0 spiro atoms. The van der Waals surface area contributed by atoms with Crippen LogP contribution in [0.4, 0.5) is 10.1 Å². The standard InChI is InChI=1S/C29H37FN4O7/c1-32(2)18-10-14(11-34-7-5-6-15(30)12-34)23(35)20-16(18)8-13-9-17-22(33(3)4)25(37)21(28(31)40)27(39)29(17,41)26(38)19(13)24(20)36/h10,13,15,17,22,35,37-38,41H,5-9,11-12H2,1-4H3,(H2,31,40)/t13-,15?,17-,22-,29-/m0/s1. The molecule has 0 radical (unpaired) electrons. The Morgan fingerprint density at radius 3 is 2.46 bits per heavy atom. The van der Waals surface area contributed by atoms with E-state index in [9.17, 15) is 39.2 Å². The summed E-state index contributed by atoms with van der Waals surface area (Å²) in [6, 6.07) is 0.741. The molecule has 0 bridgehead atoms. The zero-order chi connectivity index (χ0) is 30.1. The lowest BCUT2D eigenvalue weighted by atomic mass is 9.58. The summed E-state index contributed by atoms with van der Waals surface area (Å²) in [6.07, 6.45) is 0.396. The molecule has 222 valence electrons. The molecule has 5 atom stereocenters. The number of alkyl halides is 1. The number of rotatable bonds is 5. The van der Waals surface area contributed by atoms with Gasteiger partial charge in [-0.3, -0.25) is 24.2 Å². The number of phenols is 1. The van der Waals surface area contributed by atoms with Crippen LogP contribution in [0.25, 0.3) is 0 Å². The molecular formula is C29H37FN4O7. The minimum atomic E-state index is -2.69. The van der Waals surface area contributed by atoms with Gasteiger partial charge in [-0.2, -0.15) is 0 Å². The number of aliphatic hydroxyl groups excluding tert-OH is 2. The van der Waals surface area contributed by atoms with E-state index < -0.39 is 64.2 Å². The fourth-order valence-corrected chi connectivity index (χ4v) is 7.26. The van der Waals surface area contributed by atoms with Crippen LogP contribution >= 0.6 is 0 Å². The fourth-order valence-electron chi connectivity index (χ4n) is 7.26. The van der Waals surface area contributed by atoms with E-state index in [4.69, 9.17) is 5.73 Å². The van der Waals surface area contributed by atoms with Gasteiger partial charge in [-0.1, -0.05) is 0 Å². The number of nitrogens with zero attached hydrogens (tertiary/aromatic N) is 3. The molecule has 0 aromatic heterocycles. The van der Waals surface area contributed by atoms with Gasteiger partial charge in [0.1, 0.15) is 29.0 Å². The monoisotopic (exact) mass is 572 g/mol. The number of allylic oxidation sites excluding steroid dienone is 1. The van der Waals surface area contributed by atoms with Crippen molar-refractivity contribution in [2.75, 3.05) is 46.2 Å². The van der Waals surface area contributed by atoms with Crippen molar-refractivity contribution in [2.24, 2.45) is 17.6 Å². The number of hydrogen-bond acceptors (Lipinski definition) is 10. The maximum Gasteiger partial charge on any atom is 0.255 e. The van der Waals surface area contributed by atoms with E-state index in [1.165, 1.54) is 4.90 Å². The Kier molecular flexibility index (Phi) is 7.16. The molecule has 1 fully saturated rings. The molecule has 4 aliphatic rings. The van der Waals surface area contributed by atoms with E-state index in [1.54, 1.807) is 34.3 Å². The van der Waals surface area contributed by atoms with Gasteiger partial charge in [0.25, 0.3) is 5.91 Å². The molecule has 1 aromatic carbocycles. The summed E-state index contributed by atoms with van der Waals surface area (Å²) in [4.78, 5) is 45.0. The molecule has 12 heteroatoms. The number of likely N-dealkylation sites (N-methyl/N-ethyl adjacent to an activating group) is 1. The van der Waals surface area contributed by atoms with Crippen LogP contribution < -0.4 is 10.6 Å². The number of amides is 1. The number of ketones is 2. The van der Waals surface area contributed by atoms with Crippen molar-refractivity contribution in [3.05, 3.63) is 45.4 Å². The molecule has 11 nitrogen and oxygen atoms in total. The predicted octanol–water partition coefficient (Wildman–Crippen LogP) is 1.12. The molecule has 1 heterocycles. The maximum absolute atomic E-state index is 14.1. The highest BCUT2D eigenvalue weighted by Gasteiger charge is 2.63. The number of aliphatic hydroxyl groups is 3. The molecule has 3 aliphatic carbocycles. The Morgan fingerprint density at radius 2 is 1.88 bits per heavy atom. The van der Waals surface area contributed by atoms with Crippen LogP contribution in [0.15, 0.2) is 28.7 Å². The summed E-state index contributed by atoms with van der Waals surface area (Å²) in [7, 11) is 6.78. The minimum Gasteiger partial charge on any atom is -0.510 e. The van der Waals surface area contributed by atoms with Crippen molar-refractivity contribution < 1.29 is 39.2 Å². The molecule has 0 saturated carbocycles. The first-order chi connectivity index (χ1) is 19.2. The van der Waals surface area contributed by atoms with Crippen LogP contribution in [-0.2, 0) is 22.6 Å². The van der Waals surface area contributed by atoms with Crippen molar-refractivity contribution in [3.63, 3.8) is 0 Å². The number of anilines is 1. The van der Waals surface area contributed by atoms with Crippen LogP contribution in [0.3, 0.4) is 0 Å². The van der Waals surface area contributed by atoms with Crippen molar-refractivity contribution in [3.8, 4) is 5.75 Å². The number of fused-ring (bicyclic) bond motifs is 3. The van der Waals surface area contributed by atoms with E-state index in [-0.39, 0.29) is 42.8 Å². The highest BCUT2D eigenvalue weighted by Crippen LogP contribution is 2.53. The number of carbonyl (C=O) groups excluding carboxylic acids is 3. The molecule has 1 saturated heterocycles. The Morgan fingerprint density at radius 1 is 1.20 bits per heavy atom. The molecule has 1 amide bonds. The summed E-state index contributed by atoms with van der Waals surface area (Å²) >= 11 is 0. The number of piperidine rings is 1. The highest BCUT2D eigenvalue weighted by atomic mass is 19.1. The second-order valence-corrected chi connectivity index (χ2v) is 12.1. The zero-order valence-electron chi connectivity index (χ0n) is 23.6. The van der Waals surface area contributed by atoms with E-state index >= 15 is 0 Å². The summed E-state index contributed by atoms with van der Waals surface area (Å²) < 4.78 is 14.1. The maximum atomic E-state index is 14.1. The Bertz CT molecular complexity index is 1400. The molecule has 6 N–H and O–H groups in total. The fraction of sp³-hybridized carbons (Fsp3) is 0.552. The number of aromatic hydroxyl groups is 1. The highest BCUT2D eigenvalue weighted by molar-refractivity contribution is 6.24. The van der Waals surface area contributed by atoms with Crippen LogP contribution in [-0.4, -0.2) is 107 Å². The van der Waals surface area contributed by atoms with E-state index in [1.807, 2.05) is 9.80 Å². The van der Waals surface area contributed by atoms with Crippen molar-refractivity contribution >= 4 is 23.2 Å². The number of hydrogen-bond donors (Lipinski definition) is 5. The van der Waals surface area contributed by atoms with Crippen LogP contribution in [0.1, 0.15) is 40.7 Å². The van der Waals surface area contributed by atoms with E-state index in [0.29, 0.717) is 36.2 Å². The van der Waals surface area contributed by atoms with Crippen LogP contribution in [0.5, 0.6) is 5.75 Å². The van der Waals surface area contributed by atoms with Crippen molar-refractivity contribution in [2.45, 2.75) is 50.0 Å². The van der Waals surface area contributed by atoms with Gasteiger partial charge in [-0.05, 0) is 63.9 Å². The summed E-state index contributed by atoms with van der Waals surface area (Å²) in [6.45, 7) is 1.06. The molecule has 1 unspecified atom stereocenters. The van der Waals surface area contributed by atoms with Gasteiger partial charge < -0.3 is 31.1 Å². The molecule has 1 aromatic rings. The Labute approximate surface area is 237 Å². The average molecular weight is 573 g/mol. The number of halogens is 1. The first kappa shape index (κ1) is 29.0. The van der Waals surface area contributed by atoms with Gasteiger partial charge >= 0.3 is 0 Å². The van der Waals surface area contributed by atoms with Gasteiger partial charge in [-0.15, -0.1) is 0 Å². The SMILES string of the molecule is CN(C)c1cc(CN2CCCC(F)C2)c(O)c2c1C[C@H]1C[C@H]3[C@H](N(C)C)C(O)=C(C(N)=O)C(=O)[C@@]3(O)C(O)=C1C2=O. The van der Waals surface area contributed by atoms with Crippen molar-refractivity contribution in [1.82, 2.24) is 9.80 Å². The van der Waals surface area contributed by atoms with Crippen molar-refractivity contribution in [1.29, 1.82) is 0 Å². The smallest absolute Gasteiger partial charge is 0.255 e. The number of nitrogens with two attached hydrogens (primary N) is 1. The second kappa shape index (κ2) is 10.1. The number of Topliss-reactive ketones (excluding diaryl/α,β-unsaturated/α-hetero) is 2. The normalized spacial score (nSPS) is 30.3. The number of benzene rings is 1. The number of likely N-dealkylation sites (tertiary alicyclic amines) is 1. The predicted molar refractivity (Wildman–Crippen MR) is 147 cm³/mol. The lowest BCUT2D eigenvalue weighted by molar-refractivity contribution is -0.148. The molecule has 1 aliphatic heterocycles. The van der Waals surface area contributed by atoms with E-state index in [0.717, 1.165) is 0 Å². The van der Waals surface area contributed by atoms with Gasteiger partial charge in [-0.25, -0.2) is 4.39 Å². The molecular weight excluding hydrogens is 535 g/mol. The third-order valence-corrected chi connectivity index (χ3v) is 9.10. The zero-order valence-corrected chi connectivity index (χ0v) is 23.6. The lowest BCUT2D eigenvalue weighted by Gasteiger charge is -2.50. The average Bonchev–Trinajstić information content (AvgIpc) is 2.87. The summed E-state index contributed by atoms with van der Waals surface area (Å²) in [5.41, 5.74) is 3.27. The van der Waals surface area contributed by atoms with Crippen LogP contribution in [0.2, 0.25) is 0 Å². The first-order valence-corrected chi connectivity index (χ1v) is 13.8. The van der Waals surface area contributed by atoms with Gasteiger partial charge in [0.05, 0.1) is 11.6 Å². The summed E-state index contributed by atoms with van der Waals surface area (Å²) in [5.74, 6) is -6.81. The number of primary amides is 1. The van der Waals surface area contributed by atoms with E-state index in [2.05, 4.69) is 0 Å².